The van der Waals surface area contributed by atoms with Crippen LogP contribution in [0, 0.1) is 0 Å². The smallest absolute Gasteiger partial charge is 0.252 e. The van der Waals surface area contributed by atoms with E-state index in [-0.39, 0.29) is 5.91 Å². The van der Waals surface area contributed by atoms with Gasteiger partial charge in [0.1, 0.15) is 16.8 Å². The summed E-state index contributed by atoms with van der Waals surface area (Å²) >= 11 is 3.22. The fourth-order valence-electron chi connectivity index (χ4n) is 1.42. The van der Waals surface area contributed by atoms with Crippen molar-refractivity contribution in [1.29, 1.82) is 0 Å². The van der Waals surface area contributed by atoms with Crippen LogP contribution in [0.25, 0.3) is 0 Å². The Labute approximate surface area is 112 Å². The van der Waals surface area contributed by atoms with Crippen molar-refractivity contribution in [3.63, 3.8) is 0 Å². The number of carbonyl (C=O) groups excluding carboxylic acids is 1. The highest BCUT2D eigenvalue weighted by Gasteiger charge is 2.05. The highest BCUT2D eigenvalue weighted by molar-refractivity contribution is 9.10. The Hall–Kier alpha value is -1.76. The van der Waals surface area contributed by atoms with Crippen molar-refractivity contribution in [1.82, 2.24) is 25.5 Å². The normalized spacial score (nSPS) is 10.3. The van der Waals surface area contributed by atoms with Crippen LogP contribution in [-0.4, -0.2) is 32.6 Å². The minimum absolute atomic E-state index is 0.118. The second kappa shape index (κ2) is 6.25. The SMILES string of the molecule is O=C(NCCCc1ncn[nH]1)c1ccc(Br)nc1. The van der Waals surface area contributed by atoms with Gasteiger partial charge in [-0.3, -0.25) is 9.89 Å². The van der Waals surface area contributed by atoms with Crippen molar-refractivity contribution < 1.29 is 4.79 Å². The Morgan fingerprint density at radius 3 is 2.94 bits per heavy atom. The molecule has 0 aliphatic carbocycles. The first-order chi connectivity index (χ1) is 8.75. The number of rotatable bonds is 5. The van der Waals surface area contributed by atoms with E-state index >= 15 is 0 Å². The second-order valence-electron chi connectivity index (χ2n) is 3.66. The van der Waals surface area contributed by atoms with Crippen molar-refractivity contribution in [3.05, 3.63) is 40.6 Å². The van der Waals surface area contributed by atoms with E-state index in [0.29, 0.717) is 16.7 Å². The minimum atomic E-state index is -0.118. The highest BCUT2D eigenvalue weighted by atomic mass is 79.9. The number of amides is 1. The van der Waals surface area contributed by atoms with Crippen LogP contribution in [-0.2, 0) is 6.42 Å². The highest BCUT2D eigenvalue weighted by Crippen LogP contribution is 2.06. The van der Waals surface area contributed by atoms with Crippen LogP contribution in [0.1, 0.15) is 22.6 Å². The number of hydrogen-bond donors (Lipinski definition) is 2. The molecule has 0 fully saturated rings. The Bertz CT molecular complexity index is 497. The predicted molar refractivity (Wildman–Crippen MR) is 69.0 cm³/mol. The molecule has 2 rings (SSSR count). The molecular weight excluding hydrogens is 298 g/mol. The maximum Gasteiger partial charge on any atom is 0.252 e. The van der Waals surface area contributed by atoms with Gasteiger partial charge in [0.25, 0.3) is 5.91 Å². The van der Waals surface area contributed by atoms with Crippen LogP contribution in [0.4, 0.5) is 0 Å². The van der Waals surface area contributed by atoms with Crippen LogP contribution in [0.3, 0.4) is 0 Å². The summed E-state index contributed by atoms with van der Waals surface area (Å²) in [6.45, 7) is 0.593. The first-order valence-electron chi connectivity index (χ1n) is 5.49. The number of aromatic nitrogens is 4. The molecule has 0 radical (unpaired) electrons. The Morgan fingerprint density at radius 2 is 2.28 bits per heavy atom. The number of nitrogens with one attached hydrogen (secondary N) is 2. The number of aryl methyl sites for hydroxylation is 1. The predicted octanol–water partition coefficient (Wildman–Crippen LogP) is 1.32. The van der Waals surface area contributed by atoms with E-state index in [0.717, 1.165) is 18.7 Å². The van der Waals surface area contributed by atoms with E-state index in [9.17, 15) is 4.79 Å². The molecule has 0 aliphatic heterocycles. The summed E-state index contributed by atoms with van der Waals surface area (Å²) in [7, 11) is 0. The number of carbonyl (C=O) groups is 1. The summed E-state index contributed by atoms with van der Waals surface area (Å²) in [6.07, 6.45) is 4.58. The van der Waals surface area contributed by atoms with Gasteiger partial charge in [-0.2, -0.15) is 5.10 Å². The quantitative estimate of drug-likeness (QED) is 0.644. The molecule has 0 atom stereocenters. The fraction of sp³-hybridized carbons (Fsp3) is 0.273. The zero-order valence-corrected chi connectivity index (χ0v) is 11.1. The lowest BCUT2D eigenvalue weighted by molar-refractivity contribution is 0.0953. The molecule has 2 aromatic rings. The molecule has 2 aromatic heterocycles. The van der Waals surface area contributed by atoms with Crippen LogP contribution in [0.5, 0.6) is 0 Å². The molecule has 0 spiro atoms. The summed E-state index contributed by atoms with van der Waals surface area (Å²) in [5.74, 6) is 0.710. The lowest BCUT2D eigenvalue weighted by atomic mass is 10.2. The third-order valence-corrected chi connectivity index (χ3v) is 2.80. The van der Waals surface area contributed by atoms with E-state index < -0.39 is 0 Å². The minimum Gasteiger partial charge on any atom is -0.352 e. The third kappa shape index (κ3) is 3.63. The molecule has 0 saturated carbocycles. The molecule has 94 valence electrons. The second-order valence-corrected chi connectivity index (χ2v) is 4.47. The van der Waals surface area contributed by atoms with Gasteiger partial charge in [0.15, 0.2) is 0 Å². The van der Waals surface area contributed by atoms with Crippen LogP contribution >= 0.6 is 15.9 Å². The Kier molecular flexibility index (Phi) is 4.40. The average Bonchev–Trinajstić information content (AvgIpc) is 2.88. The summed E-state index contributed by atoms with van der Waals surface area (Å²) in [6, 6.07) is 3.46. The van der Waals surface area contributed by atoms with Crippen molar-refractivity contribution in [3.8, 4) is 0 Å². The van der Waals surface area contributed by atoms with Crippen molar-refractivity contribution in [2.75, 3.05) is 6.54 Å². The van der Waals surface area contributed by atoms with Crippen molar-refractivity contribution >= 4 is 21.8 Å². The monoisotopic (exact) mass is 309 g/mol. The zero-order chi connectivity index (χ0) is 12.8. The topological polar surface area (TPSA) is 83.6 Å². The van der Waals surface area contributed by atoms with Gasteiger partial charge in [-0.05, 0) is 34.5 Å². The molecule has 0 bridgehead atoms. The first-order valence-corrected chi connectivity index (χ1v) is 6.29. The average molecular weight is 310 g/mol. The van der Waals surface area contributed by atoms with E-state index in [1.807, 2.05) is 0 Å². The summed E-state index contributed by atoms with van der Waals surface area (Å²) in [5.41, 5.74) is 0.554. The number of nitrogens with zero attached hydrogens (tertiary/aromatic N) is 3. The lowest BCUT2D eigenvalue weighted by Gasteiger charge is -2.04. The summed E-state index contributed by atoms with van der Waals surface area (Å²) < 4.78 is 0.712. The van der Waals surface area contributed by atoms with E-state index in [4.69, 9.17) is 0 Å². The number of hydrogen-bond acceptors (Lipinski definition) is 4. The zero-order valence-electron chi connectivity index (χ0n) is 9.56. The maximum atomic E-state index is 11.7. The molecule has 7 heteroatoms. The largest absolute Gasteiger partial charge is 0.352 e. The number of aromatic amines is 1. The molecular formula is C11H12BrN5O. The van der Waals surface area contributed by atoms with Gasteiger partial charge in [0.2, 0.25) is 0 Å². The molecule has 0 aromatic carbocycles. The molecule has 2 heterocycles. The lowest BCUT2D eigenvalue weighted by Crippen LogP contribution is -2.24. The van der Waals surface area contributed by atoms with Crippen LogP contribution in [0.2, 0.25) is 0 Å². The molecule has 6 nitrogen and oxygen atoms in total. The molecule has 0 unspecified atom stereocenters. The van der Waals surface area contributed by atoms with Crippen LogP contribution in [0.15, 0.2) is 29.3 Å². The first kappa shape index (κ1) is 12.7. The Morgan fingerprint density at radius 1 is 1.39 bits per heavy atom. The van der Waals surface area contributed by atoms with Crippen LogP contribution < -0.4 is 5.32 Å². The maximum absolute atomic E-state index is 11.7. The standard InChI is InChI=1S/C11H12BrN5O/c12-9-4-3-8(6-14-9)11(18)13-5-1-2-10-15-7-16-17-10/h3-4,6-7H,1-2,5H2,(H,13,18)(H,15,16,17). The summed E-state index contributed by atoms with van der Waals surface area (Å²) in [4.78, 5) is 19.7. The van der Waals surface area contributed by atoms with Gasteiger partial charge in [-0.1, -0.05) is 0 Å². The third-order valence-electron chi connectivity index (χ3n) is 2.33. The number of pyridine rings is 1. The van der Waals surface area contributed by atoms with Gasteiger partial charge in [-0.15, -0.1) is 0 Å². The van der Waals surface area contributed by atoms with Crippen molar-refractivity contribution in [2.45, 2.75) is 12.8 Å². The van der Waals surface area contributed by atoms with Crippen molar-refractivity contribution in [2.24, 2.45) is 0 Å². The van der Waals surface area contributed by atoms with E-state index in [1.54, 1.807) is 12.1 Å². The summed E-state index contributed by atoms with van der Waals surface area (Å²) in [5, 5.41) is 9.35. The molecule has 2 N–H and O–H groups in total. The molecule has 0 aliphatic rings. The van der Waals surface area contributed by atoms with E-state index in [2.05, 4.69) is 41.4 Å². The molecule has 1 amide bonds. The molecule has 18 heavy (non-hydrogen) atoms. The number of halogens is 1. The van der Waals surface area contributed by atoms with Gasteiger partial charge in [-0.25, -0.2) is 9.97 Å². The van der Waals surface area contributed by atoms with Gasteiger partial charge in [0.05, 0.1) is 5.56 Å². The van der Waals surface area contributed by atoms with Gasteiger partial charge >= 0.3 is 0 Å². The Balaban J connectivity index is 1.73. The fourth-order valence-corrected chi connectivity index (χ4v) is 1.66. The number of H-pyrrole nitrogens is 1. The van der Waals surface area contributed by atoms with Gasteiger partial charge < -0.3 is 5.32 Å². The van der Waals surface area contributed by atoms with E-state index in [1.165, 1.54) is 12.5 Å². The molecule has 0 saturated heterocycles. The van der Waals surface area contributed by atoms with Gasteiger partial charge in [0, 0.05) is 19.2 Å².